The monoisotopic (exact) mass is 395 g/mol. The van der Waals surface area contributed by atoms with E-state index in [0.717, 1.165) is 0 Å². The number of carbonyl (C=O) groups is 2. The number of rotatable bonds is 4. The minimum absolute atomic E-state index is 0.0173. The molecule has 1 aromatic carbocycles. The molecule has 0 unspecified atom stereocenters. The maximum absolute atomic E-state index is 12.1. The summed E-state index contributed by atoms with van der Waals surface area (Å²) in [5.41, 5.74) is 0.764. The zero-order chi connectivity index (χ0) is 21.0. The third-order valence-corrected chi connectivity index (χ3v) is 3.95. The SMILES string of the molecule is CC(C)(C)c1cc(NC(=O)Nc2ccc(NC(=O)c3cccc[n+]3[O-])cc2)no1. The predicted molar refractivity (Wildman–Crippen MR) is 108 cm³/mol. The van der Waals surface area contributed by atoms with Crippen molar-refractivity contribution in [2.24, 2.45) is 0 Å². The van der Waals surface area contributed by atoms with Crippen LogP contribution in [0.25, 0.3) is 0 Å². The number of benzene rings is 1. The number of amides is 3. The summed E-state index contributed by atoms with van der Waals surface area (Å²) in [5, 5.41) is 23.3. The van der Waals surface area contributed by atoms with Crippen molar-refractivity contribution in [1.29, 1.82) is 0 Å². The van der Waals surface area contributed by atoms with Crippen molar-refractivity contribution in [3.05, 3.63) is 71.4 Å². The second kappa shape index (κ2) is 8.01. The molecule has 0 aliphatic rings. The first-order chi connectivity index (χ1) is 13.7. The second-order valence-corrected chi connectivity index (χ2v) is 7.35. The van der Waals surface area contributed by atoms with Gasteiger partial charge in [0.05, 0.1) is 0 Å². The van der Waals surface area contributed by atoms with Crippen LogP contribution in [0.4, 0.5) is 22.0 Å². The van der Waals surface area contributed by atoms with Crippen LogP contribution in [0.5, 0.6) is 0 Å². The topological polar surface area (TPSA) is 123 Å². The molecule has 9 nitrogen and oxygen atoms in total. The molecule has 0 atom stereocenters. The Morgan fingerprint density at radius 3 is 2.24 bits per heavy atom. The summed E-state index contributed by atoms with van der Waals surface area (Å²) < 4.78 is 5.71. The van der Waals surface area contributed by atoms with Crippen molar-refractivity contribution in [2.45, 2.75) is 26.2 Å². The molecule has 3 N–H and O–H groups in total. The van der Waals surface area contributed by atoms with Gasteiger partial charge in [0.25, 0.3) is 5.69 Å². The van der Waals surface area contributed by atoms with E-state index in [4.69, 9.17) is 4.52 Å². The molecule has 0 fully saturated rings. The van der Waals surface area contributed by atoms with Gasteiger partial charge in [-0.25, -0.2) is 4.79 Å². The maximum Gasteiger partial charge on any atom is 0.324 e. The summed E-state index contributed by atoms with van der Waals surface area (Å²) in [5.74, 6) is 0.440. The first kappa shape index (κ1) is 19.9. The Balaban J connectivity index is 1.57. The van der Waals surface area contributed by atoms with Crippen LogP contribution in [0.15, 0.2) is 59.3 Å². The van der Waals surface area contributed by atoms with E-state index in [1.165, 1.54) is 18.3 Å². The molecule has 9 heteroatoms. The highest BCUT2D eigenvalue weighted by Crippen LogP contribution is 2.24. The summed E-state index contributed by atoms with van der Waals surface area (Å²) in [6.45, 7) is 5.93. The number of urea groups is 1. The fraction of sp³-hybridized carbons (Fsp3) is 0.200. The Hall–Kier alpha value is -3.88. The van der Waals surface area contributed by atoms with Crippen LogP contribution in [0.1, 0.15) is 37.0 Å². The number of aromatic nitrogens is 2. The van der Waals surface area contributed by atoms with E-state index in [9.17, 15) is 14.8 Å². The molecule has 2 aromatic heterocycles. The highest BCUT2D eigenvalue weighted by atomic mass is 16.5. The second-order valence-electron chi connectivity index (χ2n) is 7.35. The standard InChI is InChI=1S/C20H21N5O4/c1-20(2,3)16-12-17(24-29-16)23-19(27)22-14-9-7-13(8-10-14)21-18(26)15-6-4-5-11-25(15)28/h4-12H,1-3H3,(H,21,26)(H2,22,23,24,27). The third kappa shape index (κ3) is 5.10. The zero-order valence-electron chi connectivity index (χ0n) is 16.2. The van der Waals surface area contributed by atoms with E-state index in [0.29, 0.717) is 27.7 Å². The van der Waals surface area contributed by atoms with Gasteiger partial charge in [0, 0.05) is 35.0 Å². The van der Waals surface area contributed by atoms with Gasteiger partial charge in [-0.05, 0) is 30.3 Å². The molecule has 0 spiro atoms. The zero-order valence-corrected chi connectivity index (χ0v) is 16.2. The average Bonchev–Trinajstić information content (AvgIpc) is 3.12. The fourth-order valence-corrected chi connectivity index (χ4v) is 2.40. The number of hydrogen-bond acceptors (Lipinski definition) is 5. The van der Waals surface area contributed by atoms with E-state index in [-0.39, 0.29) is 11.1 Å². The molecule has 2 heterocycles. The summed E-state index contributed by atoms with van der Waals surface area (Å²) in [4.78, 5) is 24.3. The van der Waals surface area contributed by atoms with E-state index in [2.05, 4.69) is 21.1 Å². The lowest BCUT2D eigenvalue weighted by Gasteiger charge is -2.12. The van der Waals surface area contributed by atoms with Crippen LogP contribution < -0.4 is 20.7 Å². The summed E-state index contributed by atoms with van der Waals surface area (Å²) >= 11 is 0. The van der Waals surface area contributed by atoms with Crippen molar-refractivity contribution in [3.8, 4) is 0 Å². The quantitative estimate of drug-likeness (QED) is 0.461. The van der Waals surface area contributed by atoms with E-state index >= 15 is 0 Å². The van der Waals surface area contributed by atoms with Crippen LogP contribution >= 0.6 is 0 Å². The minimum atomic E-state index is -0.528. The van der Waals surface area contributed by atoms with Gasteiger partial charge in [0.1, 0.15) is 5.76 Å². The molecule has 150 valence electrons. The van der Waals surface area contributed by atoms with Crippen LogP contribution in [-0.4, -0.2) is 17.1 Å². The lowest BCUT2D eigenvalue weighted by Crippen LogP contribution is -2.36. The molecule has 0 aliphatic heterocycles. The molecular formula is C20H21N5O4. The first-order valence-electron chi connectivity index (χ1n) is 8.87. The molecule has 3 rings (SSSR count). The Kier molecular flexibility index (Phi) is 5.49. The molecule has 29 heavy (non-hydrogen) atoms. The average molecular weight is 395 g/mol. The Morgan fingerprint density at radius 1 is 1.00 bits per heavy atom. The molecule has 0 bridgehead atoms. The number of anilines is 3. The summed E-state index contributed by atoms with van der Waals surface area (Å²) in [6, 6.07) is 12.2. The van der Waals surface area contributed by atoms with Gasteiger partial charge >= 0.3 is 11.9 Å². The van der Waals surface area contributed by atoms with Crippen molar-refractivity contribution >= 4 is 29.1 Å². The van der Waals surface area contributed by atoms with Gasteiger partial charge in [-0.15, -0.1) is 0 Å². The Bertz CT molecular complexity index is 1020. The summed E-state index contributed by atoms with van der Waals surface area (Å²) in [7, 11) is 0. The number of nitrogens with zero attached hydrogens (tertiary/aromatic N) is 2. The largest absolute Gasteiger partial charge is 0.618 e. The van der Waals surface area contributed by atoms with Crippen LogP contribution in [0, 0.1) is 5.21 Å². The van der Waals surface area contributed by atoms with Crippen molar-refractivity contribution < 1.29 is 18.8 Å². The van der Waals surface area contributed by atoms with Gasteiger partial charge in [0.15, 0.2) is 12.0 Å². The van der Waals surface area contributed by atoms with E-state index in [1.807, 2.05) is 20.8 Å². The number of carbonyl (C=O) groups excluding carboxylic acids is 2. The molecular weight excluding hydrogens is 374 g/mol. The van der Waals surface area contributed by atoms with Crippen LogP contribution in [-0.2, 0) is 5.41 Å². The number of hydrogen-bond donors (Lipinski definition) is 3. The van der Waals surface area contributed by atoms with E-state index < -0.39 is 11.9 Å². The number of nitrogens with one attached hydrogen (secondary N) is 3. The van der Waals surface area contributed by atoms with Crippen molar-refractivity contribution in [1.82, 2.24) is 5.16 Å². The van der Waals surface area contributed by atoms with Gasteiger partial charge in [-0.2, -0.15) is 4.73 Å². The molecule has 3 amide bonds. The molecule has 0 saturated heterocycles. The molecule has 0 saturated carbocycles. The maximum atomic E-state index is 12.1. The minimum Gasteiger partial charge on any atom is -0.618 e. The van der Waals surface area contributed by atoms with Crippen molar-refractivity contribution in [3.63, 3.8) is 0 Å². The summed E-state index contributed by atoms with van der Waals surface area (Å²) in [6.07, 6.45) is 1.25. The normalized spacial score (nSPS) is 11.0. The predicted octanol–water partition coefficient (Wildman–Crippen LogP) is 3.50. The fourth-order valence-electron chi connectivity index (χ4n) is 2.40. The number of pyridine rings is 1. The van der Waals surface area contributed by atoms with Crippen LogP contribution in [0.3, 0.4) is 0 Å². The molecule has 0 aliphatic carbocycles. The first-order valence-corrected chi connectivity index (χ1v) is 8.87. The molecule has 0 radical (unpaired) electrons. The Morgan fingerprint density at radius 2 is 1.66 bits per heavy atom. The smallest absolute Gasteiger partial charge is 0.324 e. The third-order valence-electron chi connectivity index (χ3n) is 3.95. The van der Waals surface area contributed by atoms with Gasteiger partial charge in [-0.3, -0.25) is 10.1 Å². The van der Waals surface area contributed by atoms with Crippen LogP contribution in [0.2, 0.25) is 0 Å². The lowest BCUT2D eigenvalue weighted by molar-refractivity contribution is -0.607. The van der Waals surface area contributed by atoms with E-state index in [1.54, 1.807) is 36.4 Å². The highest BCUT2D eigenvalue weighted by Gasteiger charge is 2.20. The highest BCUT2D eigenvalue weighted by molar-refractivity contribution is 6.02. The van der Waals surface area contributed by atoms with Gasteiger partial charge in [-0.1, -0.05) is 25.9 Å². The molecule has 3 aromatic rings. The van der Waals surface area contributed by atoms with Gasteiger partial charge in [0.2, 0.25) is 0 Å². The lowest BCUT2D eigenvalue weighted by atomic mass is 9.93. The van der Waals surface area contributed by atoms with Crippen molar-refractivity contribution in [2.75, 3.05) is 16.0 Å². The Labute approximate surface area is 167 Å². The van der Waals surface area contributed by atoms with Gasteiger partial charge < -0.3 is 20.4 Å².